The third-order valence-electron chi connectivity index (χ3n) is 2.51. The van der Waals surface area contributed by atoms with Gasteiger partial charge in [-0.1, -0.05) is 27.7 Å². The molecule has 1 N–H and O–H groups in total. The van der Waals surface area contributed by atoms with Crippen LogP contribution in [0.5, 0.6) is 0 Å². The van der Waals surface area contributed by atoms with Crippen molar-refractivity contribution < 1.29 is 0 Å². The molecule has 1 aromatic rings. The van der Waals surface area contributed by atoms with Gasteiger partial charge in [0.2, 0.25) is 0 Å². The Morgan fingerprint density at radius 2 is 2.07 bits per heavy atom. The Kier molecular flexibility index (Phi) is 4.38. The summed E-state index contributed by atoms with van der Waals surface area (Å²) in [7, 11) is 0. The summed E-state index contributed by atoms with van der Waals surface area (Å²) < 4.78 is 1.22. The number of halogens is 1. The van der Waals surface area contributed by atoms with E-state index in [1.807, 2.05) is 11.3 Å². The van der Waals surface area contributed by atoms with Gasteiger partial charge in [0.1, 0.15) is 0 Å². The van der Waals surface area contributed by atoms with E-state index in [4.69, 9.17) is 0 Å². The first-order valence-corrected chi connectivity index (χ1v) is 6.96. The molecule has 0 spiro atoms. The molecule has 0 saturated carbocycles. The highest BCUT2D eigenvalue weighted by Gasteiger charge is 2.27. The Bertz CT molecular complexity index is 325. The number of rotatable bonds is 3. The number of hydrogen-bond donors (Lipinski definition) is 1. The lowest BCUT2D eigenvalue weighted by molar-refractivity contribution is 0.276. The molecule has 1 unspecified atom stereocenters. The Hall–Kier alpha value is 0.140. The number of nitrogens with one attached hydrogen (secondary N) is 1. The molecule has 1 heterocycles. The molecule has 0 saturated heterocycles. The number of aryl methyl sites for hydroxylation is 1. The van der Waals surface area contributed by atoms with Crippen LogP contribution >= 0.6 is 27.3 Å². The second-order valence-corrected chi connectivity index (χ2v) is 7.55. The van der Waals surface area contributed by atoms with Gasteiger partial charge in [-0.05, 0) is 46.4 Å². The van der Waals surface area contributed by atoms with Crippen molar-refractivity contribution in [2.24, 2.45) is 5.41 Å². The Morgan fingerprint density at radius 3 is 2.40 bits per heavy atom. The fourth-order valence-corrected chi connectivity index (χ4v) is 3.58. The highest BCUT2D eigenvalue weighted by Crippen LogP contribution is 2.38. The number of thiophene rings is 1. The average Bonchev–Trinajstić information content (AvgIpc) is 2.39. The minimum absolute atomic E-state index is 0.251. The van der Waals surface area contributed by atoms with Crippen LogP contribution in [0.4, 0.5) is 0 Å². The second kappa shape index (κ2) is 4.98. The molecule has 1 nitrogen and oxygen atoms in total. The fraction of sp³-hybridized carbons (Fsp3) is 0.667. The van der Waals surface area contributed by atoms with Crippen molar-refractivity contribution >= 4 is 27.3 Å². The standard InChI is InChI=1S/C12H20BrNS/c1-6-14-11(12(3,4)5)9-7-10(13)15-8(9)2/h7,11,14H,6H2,1-5H3. The first-order valence-electron chi connectivity index (χ1n) is 5.35. The van der Waals surface area contributed by atoms with E-state index in [9.17, 15) is 0 Å². The van der Waals surface area contributed by atoms with E-state index in [1.165, 1.54) is 14.2 Å². The summed E-state index contributed by atoms with van der Waals surface area (Å²) in [5, 5.41) is 3.58. The van der Waals surface area contributed by atoms with Gasteiger partial charge < -0.3 is 5.32 Å². The quantitative estimate of drug-likeness (QED) is 0.863. The normalized spacial score (nSPS) is 14.3. The van der Waals surface area contributed by atoms with E-state index in [0.29, 0.717) is 6.04 Å². The summed E-state index contributed by atoms with van der Waals surface area (Å²) in [6, 6.07) is 2.68. The summed E-state index contributed by atoms with van der Waals surface area (Å²) in [5.74, 6) is 0. The highest BCUT2D eigenvalue weighted by atomic mass is 79.9. The summed E-state index contributed by atoms with van der Waals surface area (Å²) >= 11 is 5.38. The van der Waals surface area contributed by atoms with Gasteiger partial charge in [-0.3, -0.25) is 0 Å². The van der Waals surface area contributed by atoms with Crippen molar-refractivity contribution in [2.75, 3.05) is 6.54 Å². The molecule has 0 aliphatic carbocycles. The van der Waals surface area contributed by atoms with E-state index >= 15 is 0 Å². The van der Waals surface area contributed by atoms with E-state index < -0.39 is 0 Å². The molecular formula is C12H20BrNS. The molecule has 0 aliphatic heterocycles. The third kappa shape index (κ3) is 3.30. The molecule has 0 aliphatic rings. The molecular weight excluding hydrogens is 270 g/mol. The monoisotopic (exact) mass is 289 g/mol. The minimum Gasteiger partial charge on any atom is -0.310 e. The Balaban J connectivity index is 3.04. The molecule has 86 valence electrons. The molecule has 1 aromatic heterocycles. The average molecular weight is 290 g/mol. The first-order chi connectivity index (χ1) is 6.86. The molecule has 0 bridgehead atoms. The maximum Gasteiger partial charge on any atom is 0.0704 e. The van der Waals surface area contributed by atoms with Crippen LogP contribution in [0.25, 0.3) is 0 Å². The highest BCUT2D eigenvalue weighted by molar-refractivity contribution is 9.11. The molecule has 1 atom stereocenters. The van der Waals surface area contributed by atoms with Crippen molar-refractivity contribution in [1.82, 2.24) is 5.32 Å². The first kappa shape index (κ1) is 13.2. The van der Waals surface area contributed by atoms with Crippen molar-refractivity contribution in [3.63, 3.8) is 0 Å². The zero-order valence-corrected chi connectivity index (χ0v) is 12.6. The zero-order valence-electron chi connectivity index (χ0n) is 10.1. The van der Waals surface area contributed by atoms with E-state index in [1.54, 1.807) is 0 Å². The van der Waals surface area contributed by atoms with Gasteiger partial charge in [0.15, 0.2) is 0 Å². The largest absolute Gasteiger partial charge is 0.310 e. The Labute approximate surface area is 105 Å². The van der Waals surface area contributed by atoms with Crippen molar-refractivity contribution in [3.05, 3.63) is 20.3 Å². The van der Waals surface area contributed by atoms with Crippen LogP contribution < -0.4 is 5.32 Å². The van der Waals surface area contributed by atoms with E-state index in [0.717, 1.165) is 6.54 Å². The maximum absolute atomic E-state index is 3.58. The van der Waals surface area contributed by atoms with E-state index in [2.05, 4.69) is 61.9 Å². The van der Waals surface area contributed by atoms with Crippen LogP contribution in [-0.2, 0) is 0 Å². The SMILES string of the molecule is CCNC(c1cc(Br)sc1C)C(C)(C)C. The summed E-state index contributed by atoms with van der Waals surface area (Å²) in [4.78, 5) is 1.41. The second-order valence-electron chi connectivity index (χ2n) is 4.92. The summed E-state index contributed by atoms with van der Waals surface area (Å²) in [6.07, 6.45) is 0. The van der Waals surface area contributed by atoms with Crippen LogP contribution in [0, 0.1) is 12.3 Å². The van der Waals surface area contributed by atoms with Gasteiger partial charge in [0.05, 0.1) is 3.79 Å². The lowest BCUT2D eigenvalue weighted by atomic mass is 9.82. The van der Waals surface area contributed by atoms with Crippen molar-refractivity contribution in [1.29, 1.82) is 0 Å². The van der Waals surface area contributed by atoms with Gasteiger partial charge in [0, 0.05) is 10.9 Å². The Morgan fingerprint density at radius 1 is 1.47 bits per heavy atom. The maximum atomic E-state index is 3.58. The van der Waals surface area contributed by atoms with Gasteiger partial charge in [-0.2, -0.15) is 0 Å². The molecule has 0 aromatic carbocycles. The number of hydrogen-bond acceptors (Lipinski definition) is 2. The lowest BCUT2D eigenvalue weighted by Gasteiger charge is -2.31. The van der Waals surface area contributed by atoms with Gasteiger partial charge >= 0.3 is 0 Å². The van der Waals surface area contributed by atoms with E-state index in [-0.39, 0.29) is 5.41 Å². The van der Waals surface area contributed by atoms with Gasteiger partial charge in [0.25, 0.3) is 0 Å². The molecule has 15 heavy (non-hydrogen) atoms. The molecule has 1 rings (SSSR count). The topological polar surface area (TPSA) is 12.0 Å². The van der Waals surface area contributed by atoms with Crippen molar-refractivity contribution in [2.45, 2.75) is 40.7 Å². The predicted molar refractivity (Wildman–Crippen MR) is 72.6 cm³/mol. The molecule has 0 radical (unpaired) electrons. The molecule has 0 fully saturated rings. The molecule has 3 heteroatoms. The predicted octanol–water partition coefficient (Wildman–Crippen LogP) is 4.52. The summed E-state index contributed by atoms with van der Waals surface area (Å²) in [5.41, 5.74) is 1.68. The lowest BCUT2D eigenvalue weighted by Crippen LogP contribution is -2.32. The third-order valence-corrected chi connectivity index (χ3v) is 4.08. The van der Waals surface area contributed by atoms with Gasteiger partial charge in [-0.15, -0.1) is 11.3 Å². The minimum atomic E-state index is 0.251. The van der Waals surface area contributed by atoms with Crippen molar-refractivity contribution in [3.8, 4) is 0 Å². The fourth-order valence-electron chi connectivity index (χ4n) is 1.83. The summed E-state index contributed by atoms with van der Waals surface area (Å²) in [6.45, 7) is 12.2. The van der Waals surface area contributed by atoms with Crippen LogP contribution in [0.15, 0.2) is 9.85 Å². The smallest absolute Gasteiger partial charge is 0.0704 e. The van der Waals surface area contributed by atoms with Crippen LogP contribution in [-0.4, -0.2) is 6.54 Å². The van der Waals surface area contributed by atoms with Crippen LogP contribution in [0.3, 0.4) is 0 Å². The van der Waals surface area contributed by atoms with Crippen LogP contribution in [0.2, 0.25) is 0 Å². The molecule has 0 amide bonds. The van der Waals surface area contributed by atoms with Gasteiger partial charge in [-0.25, -0.2) is 0 Å². The zero-order chi connectivity index (χ0) is 11.6. The van der Waals surface area contributed by atoms with Crippen LogP contribution in [0.1, 0.15) is 44.2 Å².